The van der Waals surface area contributed by atoms with E-state index in [-0.39, 0.29) is 55.8 Å². The Hall–Kier alpha value is -5.92. The molecule has 14 nitrogen and oxygen atoms in total. The molecule has 2 unspecified atom stereocenters. The van der Waals surface area contributed by atoms with E-state index in [1.165, 1.54) is 12.7 Å². The van der Waals surface area contributed by atoms with Crippen LogP contribution >= 0.6 is 0 Å². The molecule has 0 bridgehead atoms. The number of carbonyl (C=O) groups excluding carboxylic acids is 6. The van der Waals surface area contributed by atoms with Crippen molar-refractivity contribution in [3.63, 3.8) is 0 Å². The minimum Gasteiger partial charge on any atom is -0.348 e. The van der Waals surface area contributed by atoms with Crippen LogP contribution in [-0.4, -0.2) is 73.9 Å². The molecule has 55 heavy (non-hydrogen) atoms. The van der Waals surface area contributed by atoms with Gasteiger partial charge in [0.15, 0.2) is 11.6 Å². The fourth-order valence-corrected chi connectivity index (χ4v) is 6.26. The van der Waals surface area contributed by atoms with Crippen LogP contribution in [0.2, 0.25) is 0 Å². The van der Waals surface area contributed by atoms with Crippen molar-refractivity contribution in [1.82, 2.24) is 41.2 Å². The van der Waals surface area contributed by atoms with Gasteiger partial charge in [-0.25, -0.2) is 9.97 Å². The van der Waals surface area contributed by atoms with Crippen molar-refractivity contribution in [2.75, 3.05) is 6.67 Å². The standard InChI is InChI=1S/C41H52N8O6/c1-5-26(3)32(19-36(50)34(17-30-21-42-23-44-30)48-38(52)28-13-9-7-10-14-28)40(54)46-25-47-41(55)33(27(4)6-2)20-37(51)35(18-31-22-43-24-45-31)49-39(53)29-15-11-8-12-16-29/h7-16,21-24,26-27,32-35H,5-6,17-20,25H2,1-4H3,(H,42,44)(H,43,45)(H,46,54)(H,47,55)(H,48,52)(H,49,53)/t26?,27?,32-,33+,34-,35+. The topological polar surface area (TPSA) is 208 Å². The molecule has 0 saturated heterocycles. The molecule has 0 radical (unpaired) electrons. The number of hydrogen-bond donors (Lipinski definition) is 6. The first-order chi connectivity index (χ1) is 26.5. The Bertz CT molecular complexity index is 1700. The highest BCUT2D eigenvalue weighted by Gasteiger charge is 2.33. The van der Waals surface area contributed by atoms with E-state index in [0.717, 1.165) is 0 Å². The third-order valence-electron chi connectivity index (χ3n) is 10.1. The first kappa shape index (κ1) is 41.8. The van der Waals surface area contributed by atoms with Crippen LogP contribution in [0.4, 0.5) is 0 Å². The fourth-order valence-electron chi connectivity index (χ4n) is 6.26. The zero-order valence-corrected chi connectivity index (χ0v) is 31.8. The molecule has 0 spiro atoms. The van der Waals surface area contributed by atoms with Crippen LogP contribution in [0.25, 0.3) is 0 Å². The lowest BCUT2D eigenvalue weighted by Gasteiger charge is -2.26. The Balaban J connectivity index is 1.40. The molecular formula is C41H52N8O6. The van der Waals surface area contributed by atoms with Crippen LogP contribution < -0.4 is 21.3 Å². The van der Waals surface area contributed by atoms with Gasteiger partial charge in [0.2, 0.25) is 11.8 Å². The molecule has 0 fully saturated rings. The fraction of sp³-hybridized carbons (Fsp3) is 0.415. The monoisotopic (exact) mass is 752 g/mol. The van der Waals surface area contributed by atoms with E-state index < -0.39 is 47.5 Å². The molecule has 0 aliphatic rings. The number of aromatic nitrogens is 4. The van der Waals surface area contributed by atoms with Crippen LogP contribution in [0.5, 0.6) is 0 Å². The Morgan fingerprint density at radius 1 is 0.600 bits per heavy atom. The summed E-state index contributed by atoms with van der Waals surface area (Å²) in [6.07, 6.45) is 7.41. The van der Waals surface area contributed by atoms with Gasteiger partial charge in [-0.15, -0.1) is 0 Å². The number of nitrogens with one attached hydrogen (secondary N) is 6. The number of nitrogens with zero attached hydrogens (tertiary/aromatic N) is 2. The van der Waals surface area contributed by atoms with E-state index in [1.54, 1.807) is 73.1 Å². The Morgan fingerprint density at radius 3 is 1.31 bits per heavy atom. The lowest BCUT2D eigenvalue weighted by Crippen LogP contribution is -2.48. The molecule has 0 aliphatic heterocycles. The van der Waals surface area contributed by atoms with Crippen molar-refractivity contribution in [2.45, 2.75) is 78.3 Å². The molecule has 0 aliphatic carbocycles. The second-order valence-electron chi connectivity index (χ2n) is 13.9. The maximum atomic E-state index is 13.8. The van der Waals surface area contributed by atoms with Gasteiger partial charge in [0.05, 0.1) is 31.4 Å². The van der Waals surface area contributed by atoms with Gasteiger partial charge in [0, 0.05) is 72.4 Å². The third kappa shape index (κ3) is 12.6. The van der Waals surface area contributed by atoms with Gasteiger partial charge in [-0.05, 0) is 36.1 Å². The summed E-state index contributed by atoms with van der Waals surface area (Å²) < 4.78 is 0. The van der Waals surface area contributed by atoms with Crippen molar-refractivity contribution in [2.24, 2.45) is 23.7 Å². The van der Waals surface area contributed by atoms with Gasteiger partial charge in [-0.2, -0.15) is 0 Å². The van der Waals surface area contributed by atoms with Gasteiger partial charge < -0.3 is 31.2 Å². The number of H-pyrrole nitrogens is 2. The lowest BCUT2D eigenvalue weighted by molar-refractivity contribution is -0.133. The second kappa shape index (κ2) is 21.1. The number of ketones is 2. The van der Waals surface area contributed by atoms with Gasteiger partial charge >= 0.3 is 0 Å². The number of carbonyl (C=O) groups is 6. The van der Waals surface area contributed by atoms with Gasteiger partial charge in [0.25, 0.3) is 11.8 Å². The van der Waals surface area contributed by atoms with Gasteiger partial charge in [-0.1, -0.05) is 76.9 Å². The van der Waals surface area contributed by atoms with E-state index >= 15 is 0 Å². The zero-order valence-electron chi connectivity index (χ0n) is 31.8. The average molecular weight is 753 g/mol. The summed E-state index contributed by atoms with van der Waals surface area (Å²) in [7, 11) is 0. The van der Waals surface area contributed by atoms with Crippen molar-refractivity contribution in [1.29, 1.82) is 0 Å². The number of imidazole rings is 2. The SMILES string of the molecule is CCC(C)[C@H](CC(=O)[C@H](Cc1cnc[nH]1)NC(=O)c1ccccc1)C(=O)NCNC(=O)[C@H](CC(=O)[C@@H](Cc1cnc[nH]1)NC(=O)c1ccccc1)C(C)CC. The Morgan fingerprint density at radius 2 is 0.982 bits per heavy atom. The van der Waals surface area contributed by atoms with Crippen LogP contribution in [0.1, 0.15) is 85.5 Å². The maximum Gasteiger partial charge on any atom is 0.251 e. The molecule has 0 saturated carbocycles. The lowest BCUT2D eigenvalue weighted by atomic mass is 9.84. The molecule has 4 rings (SSSR count). The van der Waals surface area contributed by atoms with E-state index in [4.69, 9.17) is 0 Å². The zero-order chi connectivity index (χ0) is 39.7. The molecule has 4 amide bonds. The number of Topliss-reactive ketones (excluding diaryl/α,β-unsaturated/α-hetero) is 2. The van der Waals surface area contributed by atoms with Crippen molar-refractivity contribution in [3.05, 3.63) is 108 Å². The molecule has 2 aromatic carbocycles. The highest BCUT2D eigenvalue weighted by atomic mass is 16.2. The Kier molecular flexibility index (Phi) is 16.0. The van der Waals surface area contributed by atoms with E-state index in [0.29, 0.717) is 35.4 Å². The van der Waals surface area contributed by atoms with Crippen molar-refractivity contribution < 1.29 is 28.8 Å². The normalized spacial score (nSPS) is 14.3. The van der Waals surface area contributed by atoms with Crippen LogP contribution in [-0.2, 0) is 32.0 Å². The van der Waals surface area contributed by atoms with Crippen molar-refractivity contribution in [3.8, 4) is 0 Å². The smallest absolute Gasteiger partial charge is 0.251 e. The minimum atomic E-state index is -0.921. The summed E-state index contributed by atoms with van der Waals surface area (Å²) in [6, 6.07) is 15.3. The summed E-state index contributed by atoms with van der Waals surface area (Å²) in [5.41, 5.74) is 2.11. The predicted molar refractivity (Wildman–Crippen MR) is 206 cm³/mol. The molecule has 2 aromatic heterocycles. The number of benzene rings is 2. The third-order valence-corrected chi connectivity index (χ3v) is 10.1. The minimum absolute atomic E-state index is 0.140. The molecule has 6 N–H and O–H groups in total. The summed E-state index contributed by atoms with van der Waals surface area (Å²) in [4.78, 5) is 94.9. The first-order valence-corrected chi connectivity index (χ1v) is 18.8. The molecule has 292 valence electrons. The molecule has 4 aromatic rings. The molecule has 2 heterocycles. The summed E-state index contributed by atoms with van der Waals surface area (Å²) in [5.74, 6) is -4.16. The second-order valence-corrected chi connectivity index (χ2v) is 13.9. The molecule has 14 heteroatoms. The number of hydrogen-bond acceptors (Lipinski definition) is 8. The summed E-state index contributed by atoms with van der Waals surface area (Å²) in [5, 5.41) is 11.2. The van der Waals surface area contributed by atoms with Crippen LogP contribution in [0.15, 0.2) is 85.7 Å². The Labute approximate surface area is 321 Å². The quantitative estimate of drug-likeness (QED) is 0.0647. The summed E-state index contributed by atoms with van der Waals surface area (Å²) in [6.45, 7) is 7.38. The van der Waals surface area contributed by atoms with E-state index in [9.17, 15) is 28.8 Å². The van der Waals surface area contributed by atoms with Crippen LogP contribution in [0, 0.1) is 23.7 Å². The predicted octanol–water partition coefficient (Wildman–Crippen LogP) is 3.95. The molecular weight excluding hydrogens is 701 g/mol. The van der Waals surface area contributed by atoms with Gasteiger partial charge in [-0.3, -0.25) is 28.8 Å². The summed E-state index contributed by atoms with van der Waals surface area (Å²) >= 11 is 0. The van der Waals surface area contributed by atoms with E-state index in [1.807, 2.05) is 27.7 Å². The van der Waals surface area contributed by atoms with Crippen molar-refractivity contribution >= 4 is 35.2 Å². The number of aromatic amines is 2. The number of amides is 4. The van der Waals surface area contributed by atoms with Crippen LogP contribution in [0.3, 0.4) is 0 Å². The number of rotatable bonds is 22. The first-order valence-electron chi connectivity index (χ1n) is 18.8. The van der Waals surface area contributed by atoms with Gasteiger partial charge in [0.1, 0.15) is 0 Å². The van der Waals surface area contributed by atoms with E-state index in [2.05, 4.69) is 41.2 Å². The average Bonchev–Trinajstić information content (AvgIpc) is 3.93. The largest absolute Gasteiger partial charge is 0.348 e. The highest BCUT2D eigenvalue weighted by Crippen LogP contribution is 2.23. The molecule has 6 atom stereocenters. The highest BCUT2D eigenvalue weighted by molar-refractivity contribution is 6.00. The maximum absolute atomic E-state index is 13.8.